The fourth-order valence-corrected chi connectivity index (χ4v) is 2.95. The Labute approximate surface area is 153 Å². The van der Waals surface area contributed by atoms with E-state index >= 15 is 0 Å². The van der Waals surface area contributed by atoms with Gasteiger partial charge in [0.15, 0.2) is 0 Å². The lowest BCUT2D eigenvalue weighted by Crippen LogP contribution is -2.45. The molecule has 1 aliphatic heterocycles. The predicted molar refractivity (Wildman–Crippen MR) is 100 cm³/mol. The predicted octanol–water partition coefficient (Wildman–Crippen LogP) is 2.55. The van der Waals surface area contributed by atoms with Crippen LogP contribution in [0.4, 0.5) is 16.0 Å². The van der Waals surface area contributed by atoms with Gasteiger partial charge in [-0.15, -0.1) is 0 Å². The second-order valence-corrected chi connectivity index (χ2v) is 6.78. The van der Waals surface area contributed by atoms with Crippen LogP contribution in [0.5, 0.6) is 0 Å². The van der Waals surface area contributed by atoms with Crippen LogP contribution in [0, 0.1) is 26.6 Å². The van der Waals surface area contributed by atoms with Crippen LogP contribution in [0.2, 0.25) is 0 Å². The summed E-state index contributed by atoms with van der Waals surface area (Å²) in [5, 5.41) is 2.82. The summed E-state index contributed by atoms with van der Waals surface area (Å²) in [7, 11) is 2.10. The van der Waals surface area contributed by atoms with Crippen molar-refractivity contribution >= 4 is 17.5 Å². The number of nitrogens with zero attached hydrogens (tertiary/aromatic N) is 4. The molecule has 1 amide bonds. The van der Waals surface area contributed by atoms with Gasteiger partial charge in [-0.1, -0.05) is 6.07 Å². The number of likely N-dealkylation sites (N-methyl/N-ethyl adjacent to an activating group) is 1. The average Bonchev–Trinajstić information content (AvgIpc) is 2.60. The van der Waals surface area contributed by atoms with E-state index in [4.69, 9.17) is 0 Å². The highest BCUT2D eigenvalue weighted by Crippen LogP contribution is 2.22. The molecule has 1 aromatic heterocycles. The lowest BCUT2D eigenvalue weighted by atomic mass is 10.1. The minimum atomic E-state index is -0.396. The first-order valence-electron chi connectivity index (χ1n) is 8.71. The van der Waals surface area contributed by atoms with Crippen molar-refractivity contribution in [1.82, 2.24) is 14.9 Å². The molecule has 0 saturated carbocycles. The van der Waals surface area contributed by atoms with Gasteiger partial charge in [0.05, 0.1) is 17.1 Å². The Balaban J connectivity index is 1.80. The van der Waals surface area contributed by atoms with Gasteiger partial charge in [0.25, 0.3) is 5.91 Å². The van der Waals surface area contributed by atoms with Gasteiger partial charge in [0.2, 0.25) is 5.95 Å². The molecule has 3 rings (SSSR count). The molecule has 6 nitrogen and oxygen atoms in total. The van der Waals surface area contributed by atoms with Crippen LogP contribution in [0.25, 0.3) is 0 Å². The van der Waals surface area contributed by atoms with Crippen LogP contribution >= 0.6 is 0 Å². The van der Waals surface area contributed by atoms with Crippen LogP contribution in [0.3, 0.4) is 0 Å². The molecule has 0 bridgehead atoms. The highest BCUT2D eigenvalue weighted by atomic mass is 19.1. The topological polar surface area (TPSA) is 61.4 Å². The van der Waals surface area contributed by atoms with Crippen LogP contribution in [-0.2, 0) is 0 Å². The van der Waals surface area contributed by atoms with E-state index in [9.17, 15) is 9.18 Å². The zero-order valence-electron chi connectivity index (χ0n) is 15.6. The normalized spacial score (nSPS) is 15.2. The molecule has 2 heterocycles. The fraction of sp³-hybridized carbons (Fsp3) is 0.421. The number of halogens is 1. The molecular formula is C19H24FN5O. The number of rotatable bonds is 3. The number of anilines is 2. The standard InChI is InChI=1S/C19H24FN5O/c1-12-5-6-15(11-16(12)20)18(26)23-17-13(2)21-19(22-14(17)3)25-9-7-24(4)8-10-25/h5-6,11H,7-10H2,1-4H3,(H,23,26). The van der Waals surface area contributed by atoms with Crippen LogP contribution in [0.1, 0.15) is 27.3 Å². The minimum Gasteiger partial charge on any atom is -0.338 e. The van der Waals surface area contributed by atoms with E-state index in [1.165, 1.54) is 6.07 Å². The first-order chi connectivity index (χ1) is 12.3. The summed E-state index contributed by atoms with van der Waals surface area (Å²) in [4.78, 5) is 26.0. The number of aromatic nitrogens is 2. The van der Waals surface area contributed by atoms with E-state index in [1.807, 2.05) is 13.8 Å². The van der Waals surface area contributed by atoms with Crippen molar-refractivity contribution in [3.8, 4) is 0 Å². The van der Waals surface area contributed by atoms with Crippen molar-refractivity contribution in [2.45, 2.75) is 20.8 Å². The quantitative estimate of drug-likeness (QED) is 0.915. The molecule has 0 spiro atoms. The highest BCUT2D eigenvalue weighted by Gasteiger charge is 2.19. The van der Waals surface area contributed by atoms with Crippen molar-refractivity contribution < 1.29 is 9.18 Å². The zero-order chi connectivity index (χ0) is 18.8. The Hall–Kier alpha value is -2.54. The Kier molecular flexibility index (Phi) is 5.18. The van der Waals surface area contributed by atoms with Crippen molar-refractivity contribution in [2.24, 2.45) is 0 Å². The molecule has 1 aromatic carbocycles. The number of benzene rings is 1. The summed E-state index contributed by atoms with van der Waals surface area (Å²) >= 11 is 0. The van der Waals surface area contributed by atoms with E-state index in [0.29, 0.717) is 28.6 Å². The first-order valence-corrected chi connectivity index (χ1v) is 8.71. The van der Waals surface area contributed by atoms with E-state index in [1.54, 1.807) is 19.1 Å². The summed E-state index contributed by atoms with van der Waals surface area (Å²) < 4.78 is 13.7. The third-order valence-corrected chi connectivity index (χ3v) is 4.72. The Morgan fingerprint density at radius 1 is 1.08 bits per heavy atom. The van der Waals surface area contributed by atoms with Gasteiger partial charge in [-0.2, -0.15) is 0 Å². The monoisotopic (exact) mass is 357 g/mol. The maximum Gasteiger partial charge on any atom is 0.255 e. The number of carbonyl (C=O) groups excluding carboxylic acids is 1. The second-order valence-electron chi connectivity index (χ2n) is 6.78. The SMILES string of the molecule is Cc1ccc(C(=O)Nc2c(C)nc(N3CCN(C)CC3)nc2C)cc1F. The molecule has 2 aromatic rings. The average molecular weight is 357 g/mol. The summed E-state index contributed by atoms with van der Waals surface area (Å²) in [6, 6.07) is 4.45. The molecule has 26 heavy (non-hydrogen) atoms. The van der Waals surface area contributed by atoms with Crippen molar-refractivity contribution in [3.63, 3.8) is 0 Å². The lowest BCUT2D eigenvalue weighted by molar-refractivity contribution is 0.102. The molecule has 1 saturated heterocycles. The van der Waals surface area contributed by atoms with Gasteiger partial charge in [0.1, 0.15) is 5.82 Å². The molecule has 0 radical (unpaired) electrons. The third-order valence-electron chi connectivity index (χ3n) is 4.72. The van der Waals surface area contributed by atoms with Crippen molar-refractivity contribution in [2.75, 3.05) is 43.4 Å². The molecule has 0 atom stereocenters. The van der Waals surface area contributed by atoms with Gasteiger partial charge in [0, 0.05) is 31.7 Å². The van der Waals surface area contributed by atoms with Crippen LogP contribution in [-0.4, -0.2) is 54.0 Å². The number of piperazine rings is 1. The smallest absolute Gasteiger partial charge is 0.255 e. The summed E-state index contributed by atoms with van der Waals surface area (Å²) in [6.07, 6.45) is 0. The largest absolute Gasteiger partial charge is 0.338 e. The number of hydrogen-bond acceptors (Lipinski definition) is 5. The Morgan fingerprint density at radius 2 is 1.69 bits per heavy atom. The second kappa shape index (κ2) is 7.37. The maximum absolute atomic E-state index is 13.7. The van der Waals surface area contributed by atoms with Gasteiger partial charge in [-0.05, 0) is 45.5 Å². The van der Waals surface area contributed by atoms with Gasteiger partial charge in [-0.3, -0.25) is 4.79 Å². The van der Waals surface area contributed by atoms with Crippen LogP contribution in [0.15, 0.2) is 18.2 Å². The maximum atomic E-state index is 13.7. The first kappa shape index (κ1) is 18.3. The molecule has 138 valence electrons. The molecular weight excluding hydrogens is 333 g/mol. The zero-order valence-corrected chi connectivity index (χ0v) is 15.6. The number of hydrogen-bond donors (Lipinski definition) is 1. The van der Waals surface area contributed by atoms with Crippen molar-refractivity contribution in [1.29, 1.82) is 0 Å². The third kappa shape index (κ3) is 3.83. The molecule has 0 aliphatic carbocycles. The summed E-state index contributed by atoms with van der Waals surface area (Å²) in [5.74, 6) is -0.0775. The minimum absolute atomic E-state index is 0.273. The summed E-state index contributed by atoms with van der Waals surface area (Å²) in [5.41, 5.74) is 2.76. The molecule has 0 unspecified atom stereocenters. The molecule has 1 aliphatic rings. The van der Waals surface area contributed by atoms with E-state index in [2.05, 4.69) is 32.1 Å². The Morgan fingerprint density at radius 3 is 2.27 bits per heavy atom. The van der Waals surface area contributed by atoms with E-state index in [-0.39, 0.29) is 11.5 Å². The number of carbonyl (C=O) groups is 1. The number of aryl methyl sites for hydroxylation is 3. The van der Waals surface area contributed by atoms with E-state index < -0.39 is 5.82 Å². The number of nitrogens with one attached hydrogen (secondary N) is 1. The van der Waals surface area contributed by atoms with Gasteiger partial charge in [-0.25, -0.2) is 14.4 Å². The lowest BCUT2D eigenvalue weighted by Gasteiger charge is -2.32. The van der Waals surface area contributed by atoms with Crippen LogP contribution < -0.4 is 10.2 Å². The highest BCUT2D eigenvalue weighted by molar-refractivity contribution is 6.04. The fourth-order valence-electron chi connectivity index (χ4n) is 2.95. The molecule has 1 fully saturated rings. The molecule has 1 N–H and O–H groups in total. The molecule has 7 heteroatoms. The van der Waals surface area contributed by atoms with E-state index in [0.717, 1.165) is 26.2 Å². The number of amides is 1. The van der Waals surface area contributed by atoms with Gasteiger partial charge >= 0.3 is 0 Å². The van der Waals surface area contributed by atoms with Crippen molar-refractivity contribution in [3.05, 3.63) is 46.5 Å². The van der Waals surface area contributed by atoms with Gasteiger partial charge < -0.3 is 15.1 Å². The summed E-state index contributed by atoms with van der Waals surface area (Å²) in [6.45, 7) is 9.06. The Bertz CT molecular complexity index is 808.